The summed E-state index contributed by atoms with van der Waals surface area (Å²) < 4.78 is 11.3. The molecule has 1 saturated heterocycles. The lowest BCUT2D eigenvalue weighted by Gasteiger charge is -2.14. The van der Waals surface area contributed by atoms with Gasteiger partial charge >= 0.3 is 5.97 Å². The zero-order valence-corrected chi connectivity index (χ0v) is 22.7. The zero-order valence-electron chi connectivity index (χ0n) is 18.9. The van der Waals surface area contributed by atoms with Gasteiger partial charge in [0.1, 0.15) is 6.61 Å². The number of methoxy groups -OCH3 is 1. The largest absolute Gasteiger partial charge is 0.493 e. The average Bonchev–Trinajstić information content (AvgIpc) is 3.18. The van der Waals surface area contributed by atoms with Gasteiger partial charge in [0.05, 0.1) is 33.3 Å². The molecule has 37 heavy (non-hydrogen) atoms. The zero-order chi connectivity index (χ0) is 26.7. The van der Waals surface area contributed by atoms with Crippen LogP contribution in [0.2, 0.25) is 20.1 Å². The van der Waals surface area contributed by atoms with E-state index >= 15 is 0 Å². The second kappa shape index (κ2) is 11.7. The molecule has 1 heterocycles. The van der Waals surface area contributed by atoms with Crippen molar-refractivity contribution in [3.05, 3.63) is 90.2 Å². The van der Waals surface area contributed by atoms with Gasteiger partial charge in [-0.05, 0) is 65.9 Å². The monoisotopic (exact) mass is 596 g/mol. The number of thioether (sulfide) groups is 1. The molecule has 2 N–H and O–H groups in total. The third-order valence-electron chi connectivity index (χ3n) is 5.00. The molecule has 0 saturated carbocycles. The molecule has 0 aliphatic carbocycles. The van der Waals surface area contributed by atoms with Crippen LogP contribution in [-0.2, 0) is 11.4 Å². The van der Waals surface area contributed by atoms with Gasteiger partial charge in [-0.1, -0.05) is 52.5 Å². The lowest BCUT2D eigenvalue weighted by molar-refractivity contribution is -0.115. The van der Waals surface area contributed by atoms with Crippen molar-refractivity contribution in [1.29, 1.82) is 0 Å². The third-order valence-corrected chi connectivity index (χ3v) is 7.11. The second-order valence-electron chi connectivity index (χ2n) is 7.51. The first-order valence-corrected chi connectivity index (χ1v) is 12.7. The van der Waals surface area contributed by atoms with Gasteiger partial charge in [-0.2, -0.15) is 0 Å². The first-order chi connectivity index (χ1) is 17.6. The van der Waals surface area contributed by atoms with Gasteiger partial charge in [0.2, 0.25) is 0 Å². The number of hydrogen-bond acceptors (Lipinski definition) is 6. The second-order valence-corrected chi connectivity index (χ2v) is 10.2. The summed E-state index contributed by atoms with van der Waals surface area (Å²) in [5.41, 5.74) is 1.56. The van der Waals surface area contributed by atoms with Gasteiger partial charge in [-0.25, -0.2) is 9.79 Å². The summed E-state index contributed by atoms with van der Waals surface area (Å²) in [6.45, 7) is 0.138. The van der Waals surface area contributed by atoms with Crippen molar-refractivity contribution >= 4 is 87.0 Å². The van der Waals surface area contributed by atoms with Crippen LogP contribution in [-0.4, -0.2) is 29.3 Å². The Morgan fingerprint density at radius 2 is 1.84 bits per heavy atom. The molecule has 0 aromatic heterocycles. The summed E-state index contributed by atoms with van der Waals surface area (Å²) in [7, 11) is 1.48. The van der Waals surface area contributed by atoms with Crippen LogP contribution in [0.4, 0.5) is 5.69 Å². The minimum atomic E-state index is -1.18. The quantitative estimate of drug-likeness (QED) is 0.274. The number of benzene rings is 3. The summed E-state index contributed by atoms with van der Waals surface area (Å²) >= 11 is 25.6. The van der Waals surface area contributed by atoms with Crippen molar-refractivity contribution in [2.75, 3.05) is 7.11 Å². The highest BCUT2D eigenvalue weighted by atomic mass is 35.5. The van der Waals surface area contributed by atoms with E-state index in [-0.39, 0.29) is 33.3 Å². The molecule has 0 radical (unpaired) electrons. The van der Waals surface area contributed by atoms with Gasteiger partial charge in [0.15, 0.2) is 16.7 Å². The van der Waals surface area contributed by atoms with Crippen LogP contribution in [0.1, 0.15) is 21.5 Å². The number of carbonyl (C=O) groups excluding carboxylic acids is 1. The summed E-state index contributed by atoms with van der Waals surface area (Å²) in [4.78, 5) is 28.5. The molecule has 12 heteroatoms. The Bertz CT molecular complexity index is 1480. The average molecular weight is 598 g/mol. The summed E-state index contributed by atoms with van der Waals surface area (Å²) in [6, 6.07) is 12.7. The molecule has 1 aliphatic rings. The third kappa shape index (κ3) is 6.52. The van der Waals surface area contributed by atoms with Crippen LogP contribution >= 0.6 is 58.2 Å². The fourth-order valence-corrected chi connectivity index (χ4v) is 5.02. The van der Waals surface area contributed by atoms with Gasteiger partial charge in [-0.3, -0.25) is 4.79 Å². The van der Waals surface area contributed by atoms with Crippen LogP contribution in [0.5, 0.6) is 11.5 Å². The molecule has 3 aromatic carbocycles. The molecular weight excluding hydrogens is 582 g/mol. The van der Waals surface area contributed by atoms with E-state index in [9.17, 15) is 14.7 Å². The lowest BCUT2D eigenvalue weighted by Crippen LogP contribution is -2.19. The van der Waals surface area contributed by atoms with Crippen molar-refractivity contribution in [3.8, 4) is 11.5 Å². The predicted octanol–water partition coefficient (Wildman–Crippen LogP) is 7.48. The van der Waals surface area contributed by atoms with Crippen LogP contribution in [0.3, 0.4) is 0 Å². The number of hydrogen-bond donors (Lipinski definition) is 2. The van der Waals surface area contributed by atoms with E-state index in [2.05, 4.69) is 10.3 Å². The Labute approximate surface area is 236 Å². The first-order valence-electron chi connectivity index (χ1n) is 10.4. The van der Waals surface area contributed by atoms with Gasteiger partial charge < -0.3 is 19.9 Å². The van der Waals surface area contributed by atoms with E-state index in [1.165, 1.54) is 19.2 Å². The van der Waals surface area contributed by atoms with E-state index in [1.54, 1.807) is 42.5 Å². The molecule has 190 valence electrons. The number of amides is 1. The normalized spacial score (nSPS) is 15.2. The van der Waals surface area contributed by atoms with Gasteiger partial charge in [0, 0.05) is 15.6 Å². The molecule has 0 unspecified atom stereocenters. The topological polar surface area (TPSA) is 97.2 Å². The van der Waals surface area contributed by atoms with Crippen LogP contribution < -0.4 is 14.8 Å². The van der Waals surface area contributed by atoms with E-state index in [0.29, 0.717) is 37.7 Å². The highest BCUT2D eigenvalue weighted by Crippen LogP contribution is 2.39. The van der Waals surface area contributed by atoms with Gasteiger partial charge in [-0.15, -0.1) is 0 Å². The van der Waals surface area contributed by atoms with Crippen molar-refractivity contribution in [3.63, 3.8) is 0 Å². The number of nitrogens with zero attached hydrogens (tertiary/aromatic N) is 1. The van der Waals surface area contributed by atoms with Crippen LogP contribution in [0.25, 0.3) is 6.08 Å². The maximum Gasteiger partial charge on any atom is 0.337 e. The molecule has 0 atom stereocenters. The maximum absolute atomic E-state index is 12.5. The van der Waals surface area contributed by atoms with Crippen molar-refractivity contribution < 1.29 is 24.2 Å². The number of amidine groups is 1. The molecule has 4 rings (SSSR count). The summed E-state index contributed by atoms with van der Waals surface area (Å²) in [6.07, 6.45) is 1.63. The number of aromatic carboxylic acids is 1. The Hall–Kier alpha value is -2.88. The van der Waals surface area contributed by atoms with E-state index in [0.717, 1.165) is 17.3 Å². The Kier molecular flexibility index (Phi) is 8.56. The standard InChI is InChI=1S/C25H16Cl4N2O5S/c1-35-20-7-12(6-19(29)22(20)36-11-13-2-3-14(26)9-18(13)28)8-21-23(32)31-25(37-21)30-15-4-5-17(27)16(10-15)24(33)34/h2-10H,11H2,1H3,(H,33,34)(H,30,31,32)/b21-8-. The fraction of sp³-hybridized carbons (Fsp3) is 0.0800. The molecule has 0 spiro atoms. The minimum Gasteiger partial charge on any atom is -0.493 e. The summed E-state index contributed by atoms with van der Waals surface area (Å²) in [5.74, 6) is -0.863. The number of ether oxygens (including phenoxy) is 2. The number of carboxylic acid groups (broad SMARTS) is 1. The highest BCUT2D eigenvalue weighted by Gasteiger charge is 2.24. The number of carbonyl (C=O) groups is 2. The molecule has 3 aromatic rings. The summed E-state index contributed by atoms with van der Waals surface area (Å²) in [5, 5.41) is 13.5. The van der Waals surface area contributed by atoms with E-state index < -0.39 is 5.97 Å². The molecule has 0 bridgehead atoms. The molecule has 1 fully saturated rings. The Morgan fingerprint density at radius 1 is 1.05 bits per heavy atom. The molecule has 1 aliphatic heterocycles. The molecule has 1 amide bonds. The van der Waals surface area contributed by atoms with Crippen LogP contribution in [0.15, 0.2) is 58.4 Å². The number of halogens is 4. The number of carboxylic acids is 1. The van der Waals surface area contributed by atoms with E-state index in [4.69, 9.17) is 55.9 Å². The highest BCUT2D eigenvalue weighted by molar-refractivity contribution is 8.18. The molecule has 7 nitrogen and oxygen atoms in total. The van der Waals surface area contributed by atoms with Crippen molar-refractivity contribution in [1.82, 2.24) is 5.32 Å². The first kappa shape index (κ1) is 27.2. The Morgan fingerprint density at radius 3 is 2.54 bits per heavy atom. The van der Waals surface area contributed by atoms with Crippen LogP contribution in [0, 0.1) is 0 Å². The van der Waals surface area contributed by atoms with Crippen molar-refractivity contribution in [2.45, 2.75) is 6.61 Å². The fourth-order valence-electron chi connectivity index (χ4n) is 3.25. The lowest BCUT2D eigenvalue weighted by atomic mass is 10.1. The van der Waals surface area contributed by atoms with Gasteiger partial charge in [0.25, 0.3) is 5.91 Å². The SMILES string of the molecule is COc1cc(/C=C2\SC(=Nc3ccc(Cl)c(C(=O)O)c3)NC2=O)cc(Cl)c1OCc1ccc(Cl)cc1Cl. The predicted molar refractivity (Wildman–Crippen MR) is 148 cm³/mol. The number of nitrogens with one attached hydrogen (secondary N) is 1. The van der Waals surface area contributed by atoms with E-state index in [1.807, 2.05) is 0 Å². The smallest absolute Gasteiger partial charge is 0.337 e. The van der Waals surface area contributed by atoms with Crippen molar-refractivity contribution in [2.24, 2.45) is 4.99 Å². The maximum atomic E-state index is 12.5. The number of aliphatic imine (C=N–C) groups is 1. The number of rotatable bonds is 7. The minimum absolute atomic E-state index is 0.0871. The molecular formula is C25H16Cl4N2O5S. The Balaban J connectivity index is 1.55.